The van der Waals surface area contributed by atoms with E-state index in [1.165, 1.54) is 0 Å². The lowest BCUT2D eigenvalue weighted by Gasteiger charge is -2.32. The van der Waals surface area contributed by atoms with E-state index < -0.39 is 6.04 Å². The summed E-state index contributed by atoms with van der Waals surface area (Å²) in [6, 6.07) is 7.46. The lowest BCUT2D eigenvalue weighted by atomic mass is 9.91. The number of amides is 1. The molecule has 122 valence electrons. The Kier molecular flexibility index (Phi) is 4.24. The van der Waals surface area contributed by atoms with E-state index in [9.17, 15) is 14.7 Å². The largest absolute Gasteiger partial charge is 0.503 e. The number of carbonyl (C=O) groups excluding carboxylic acids is 2. The first-order chi connectivity index (χ1) is 11.1. The third-order valence-corrected chi connectivity index (χ3v) is 5.07. The highest BCUT2D eigenvalue weighted by atomic mass is 16.3. The zero-order chi connectivity index (χ0) is 16.6. The summed E-state index contributed by atoms with van der Waals surface area (Å²) in [6.45, 7) is 3.75. The first-order valence-corrected chi connectivity index (χ1v) is 8.40. The number of aryl methyl sites for hydroxylation is 1. The number of nitrogens with zero attached hydrogens (tertiary/aromatic N) is 1. The van der Waals surface area contributed by atoms with Gasteiger partial charge in [-0.1, -0.05) is 44.0 Å². The van der Waals surface area contributed by atoms with Crippen LogP contribution in [0.2, 0.25) is 0 Å². The number of aliphatic hydroxyl groups excluding tert-OH is 1. The van der Waals surface area contributed by atoms with Crippen molar-refractivity contribution in [3.63, 3.8) is 0 Å². The molecule has 0 saturated heterocycles. The normalized spacial score (nSPS) is 22.3. The summed E-state index contributed by atoms with van der Waals surface area (Å²) in [5.41, 5.74) is 2.25. The van der Waals surface area contributed by atoms with E-state index in [2.05, 4.69) is 0 Å². The van der Waals surface area contributed by atoms with Gasteiger partial charge in [-0.15, -0.1) is 0 Å². The molecule has 0 spiro atoms. The molecule has 1 unspecified atom stereocenters. The second-order valence-corrected chi connectivity index (χ2v) is 6.45. The minimum absolute atomic E-state index is 0.108. The molecule has 1 N–H and O–H groups in total. The molecule has 1 aromatic carbocycles. The molecular formula is C19H23NO3. The lowest BCUT2D eigenvalue weighted by molar-refractivity contribution is -0.131. The molecule has 23 heavy (non-hydrogen) atoms. The molecule has 1 aliphatic carbocycles. The highest BCUT2D eigenvalue weighted by Crippen LogP contribution is 2.43. The molecule has 0 bridgehead atoms. The maximum Gasteiger partial charge on any atom is 0.290 e. The van der Waals surface area contributed by atoms with Crippen LogP contribution in [0.5, 0.6) is 0 Å². The van der Waals surface area contributed by atoms with E-state index in [-0.39, 0.29) is 35.5 Å². The van der Waals surface area contributed by atoms with Crippen molar-refractivity contribution in [3.05, 3.63) is 46.7 Å². The standard InChI is InChI=1S/C19H23NO3/c1-3-15(21)16-17(14-11-7-4-8-12(14)2)20(19(23)18(16)22)13-9-5-6-10-13/h4,7-8,11,13,17,22H,3,5-6,9-10H2,1-2H3. The maximum absolute atomic E-state index is 12.7. The molecule has 1 aliphatic heterocycles. The zero-order valence-corrected chi connectivity index (χ0v) is 13.7. The number of hydrogen-bond acceptors (Lipinski definition) is 3. The van der Waals surface area contributed by atoms with Crippen LogP contribution in [0.3, 0.4) is 0 Å². The van der Waals surface area contributed by atoms with Crippen LogP contribution in [-0.2, 0) is 9.59 Å². The summed E-state index contributed by atoms with van der Waals surface area (Å²) in [4.78, 5) is 26.9. The first kappa shape index (κ1) is 15.8. The first-order valence-electron chi connectivity index (χ1n) is 8.40. The summed E-state index contributed by atoms with van der Waals surface area (Å²) in [5.74, 6) is -0.886. The fourth-order valence-electron chi connectivity index (χ4n) is 3.86. The minimum Gasteiger partial charge on any atom is -0.503 e. The van der Waals surface area contributed by atoms with Crippen molar-refractivity contribution in [1.82, 2.24) is 4.90 Å². The third kappa shape index (κ3) is 2.56. The molecule has 1 heterocycles. The van der Waals surface area contributed by atoms with Gasteiger partial charge in [-0.3, -0.25) is 9.59 Å². The van der Waals surface area contributed by atoms with Gasteiger partial charge in [0.2, 0.25) is 0 Å². The van der Waals surface area contributed by atoms with E-state index in [1.807, 2.05) is 31.2 Å². The fraction of sp³-hybridized carbons (Fsp3) is 0.474. The molecular weight excluding hydrogens is 290 g/mol. The van der Waals surface area contributed by atoms with Crippen LogP contribution in [0.1, 0.15) is 56.2 Å². The van der Waals surface area contributed by atoms with E-state index in [0.29, 0.717) is 0 Å². The number of carbonyl (C=O) groups is 2. The Labute approximate surface area is 136 Å². The van der Waals surface area contributed by atoms with Gasteiger partial charge in [0.05, 0.1) is 11.6 Å². The van der Waals surface area contributed by atoms with Crippen molar-refractivity contribution in [1.29, 1.82) is 0 Å². The number of ketones is 1. The van der Waals surface area contributed by atoms with Crippen LogP contribution in [0, 0.1) is 6.92 Å². The van der Waals surface area contributed by atoms with E-state index in [4.69, 9.17) is 0 Å². The predicted octanol–water partition coefficient (Wildman–Crippen LogP) is 3.61. The smallest absolute Gasteiger partial charge is 0.290 e. The minimum atomic E-state index is -0.445. The summed E-state index contributed by atoms with van der Waals surface area (Å²) >= 11 is 0. The number of hydrogen-bond donors (Lipinski definition) is 1. The Bertz CT molecular complexity index is 671. The molecule has 4 nitrogen and oxygen atoms in total. The third-order valence-electron chi connectivity index (χ3n) is 5.07. The SMILES string of the molecule is CCC(=O)C1=C(O)C(=O)N(C2CCCC2)C1c1ccccc1C. The Balaban J connectivity index is 2.12. The van der Waals surface area contributed by atoms with Gasteiger partial charge in [0, 0.05) is 12.5 Å². The van der Waals surface area contributed by atoms with Crippen molar-refractivity contribution in [2.75, 3.05) is 0 Å². The van der Waals surface area contributed by atoms with Crippen LogP contribution in [-0.4, -0.2) is 27.7 Å². The van der Waals surface area contributed by atoms with Crippen molar-refractivity contribution < 1.29 is 14.7 Å². The molecule has 0 radical (unpaired) electrons. The van der Waals surface area contributed by atoms with E-state index in [0.717, 1.165) is 36.8 Å². The summed E-state index contributed by atoms with van der Waals surface area (Å²) < 4.78 is 0. The molecule has 2 aliphatic rings. The Morgan fingerprint density at radius 3 is 2.52 bits per heavy atom. The van der Waals surface area contributed by atoms with Gasteiger partial charge < -0.3 is 10.0 Å². The Morgan fingerprint density at radius 1 is 1.26 bits per heavy atom. The van der Waals surface area contributed by atoms with Gasteiger partial charge in [0.1, 0.15) is 0 Å². The average Bonchev–Trinajstić information content (AvgIpc) is 3.15. The quantitative estimate of drug-likeness (QED) is 0.923. The number of aliphatic hydroxyl groups is 1. The number of benzene rings is 1. The Morgan fingerprint density at radius 2 is 1.91 bits per heavy atom. The van der Waals surface area contributed by atoms with Gasteiger partial charge in [-0.2, -0.15) is 0 Å². The van der Waals surface area contributed by atoms with Gasteiger partial charge in [0.15, 0.2) is 11.5 Å². The van der Waals surface area contributed by atoms with Crippen molar-refractivity contribution >= 4 is 11.7 Å². The van der Waals surface area contributed by atoms with E-state index in [1.54, 1.807) is 11.8 Å². The van der Waals surface area contributed by atoms with Gasteiger partial charge >= 0.3 is 0 Å². The molecule has 1 saturated carbocycles. The van der Waals surface area contributed by atoms with Crippen LogP contribution in [0.4, 0.5) is 0 Å². The predicted molar refractivity (Wildman–Crippen MR) is 88.0 cm³/mol. The topological polar surface area (TPSA) is 57.6 Å². The molecule has 0 aromatic heterocycles. The summed E-state index contributed by atoms with van der Waals surface area (Å²) in [5, 5.41) is 10.4. The van der Waals surface area contributed by atoms with Crippen LogP contribution < -0.4 is 0 Å². The van der Waals surface area contributed by atoms with Crippen LogP contribution in [0.25, 0.3) is 0 Å². The highest BCUT2D eigenvalue weighted by molar-refractivity contribution is 6.09. The second kappa shape index (κ2) is 6.19. The molecule has 1 aromatic rings. The lowest BCUT2D eigenvalue weighted by Crippen LogP contribution is -2.39. The maximum atomic E-state index is 12.7. The summed E-state index contributed by atoms with van der Waals surface area (Å²) in [7, 11) is 0. The molecule has 3 rings (SSSR count). The summed E-state index contributed by atoms with van der Waals surface area (Å²) in [6.07, 6.45) is 4.34. The average molecular weight is 313 g/mol. The van der Waals surface area contributed by atoms with Crippen LogP contribution >= 0.6 is 0 Å². The van der Waals surface area contributed by atoms with Crippen LogP contribution in [0.15, 0.2) is 35.6 Å². The van der Waals surface area contributed by atoms with Gasteiger partial charge in [-0.05, 0) is 30.9 Å². The monoisotopic (exact) mass is 313 g/mol. The van der Waals surface area contributed by atoms with Gasteiger partial charge in [0.25, 0.3) is 5.91 Å². The molecule has 4 heteroatoms. The van der Waals surface area contributed by atoms with Gasteiger partial charge in [-0.25, -0.2) is 0 Å². The highest BCUT2D eigenvalue weighted by Gasteiger charge is 2.46. The Hall–Kier alpha value is -2.10. The van der Waals surface area contributed by atoms with Crippen molar-refractivity contribution in [2.45, 2.75) is 58.0 Å². The number of rotatable bonds is 4. The van der Waals surface area contributed by atoms with Crippen molar-refractivity contribution in [3.8, 4) is 0 Å². The number of Topliss-reactive ketones (excluding diaryl/α,β-unsaturated/α-hetero) is 1. The molecule has 1 atom stereocenters. The second-order valence-electron chi connectivity index (χ2n) is 6.45. The molecule has 1 fully saturated rings. The van der Waals surface area contributed by atoms with E-state index >= 15 is 0 Å². The van der Waals surface area contributed by atoms with Crippen molar-refractivity contribution in [2.24, 2.45) is 0 Å². The fourth-order valence-corrected chi connectivity index (χ4v) is 3.86. The zero-order valence-electron chi connectivity index (χ0n) is 13.7. The molecule has 1 amide bonds.